The Labute approximate surface area is 100 Å². The second kappa shape index (κ2) is 4.68. The summed E-state index contributed by atoms with van der Waals surface area (Å²) in [6.07, 6.45) is 1.80. The van der Waals surface area contributed by atoms with Crippen molar-refractivity contribution in [2.45, 2.75) is 6.04 Å². The summed E-state index contributed by atoms with van der Waals surface area (Å²) in [7, 11) is 3.88. The average Bonchev–Trinajstić information content (AvgIpc) is 2.69. The lowest BCUT2D eigenvalue weighted by Gasteiger charge is -2.17. The largest absolute Gasteiger partial charge is 0.308 e. The van der Waals surface area contributed by atoms with Gasteiger partial charge >= 0.3 is 0 Å². The second-order valence-corrected chi connectivity index (χ2v) is 4.09. The third kappa shape index (κ3) is 2.10. The molecule has 0 saturated heterocycles. The molecule has 84 valence electrons. The third-order valence-corrected chi connectivity index (χ3v) is 2.90. The molecule has 1 aromatic carbocycles. The molecule has 0 aliphatic rings. The normalized spacial score (nSPS) is 12.7. The Morgan fingerprint density at radius 1 is 1.25 bits per heavy atom. The molecule has 0 amide bonds. The molecule has 0 fully saturated rings. The quantitative estimate of drug-likeness (QED) is 0.886. The zero-order valence-corrected chi connectivity index (χ0v) is 10.1. The van der Waals surface area contributed by atoms with Crippen LogP contribution in [0.15, 0.2) is 36.5 Å². The Bertz CT molecular complexity index is 461. The molecule has 0 bridgehead atoms. The number of hydrogen-bond donors (Lipinski definition) is 1. The Balaban J connectivity index is 2.37. The highest BCUT2D eigenvalue weighted by Crippen LogP contribution is 2.22. The van der Waals surface area contributed by atoms with Crippen LogP contribution in [-0.2, 0) is 7.05 Å². The van der Waals surface area contributed by atoms with E-state index in [-0.39, 0.29) is 6.04 Å². The van der Waals surface area contributed by atoms with E-state index in [1.807, 2.05) is 49.1 Å². The van der Waals surface area contributed by atoms with Gasteiger partial charge in [0.05, 0.1) is 11.7 Å². The molecular formula is C12H14ClN3. The standard InChI is InChI=1S/C12H14ClN3/c1-14-12(11-7-8-15-16(11)2)9-3-5-10(13)6-4-9/h3-8,12,14H,1-2H3. The van der Waals surface area contributed by atoms with Crippen molar-refractivity contribution >= 4 is 11.6 Å². The topological polar surface area (TPSA) is 29.9 Å². The van der Waals surface area contributed by atoms with E-state index in [9.17, 15) is 0 Å². The first kappa shape index (κ1) is 11.2. The molecule has 2 rings (SSSR count). The first-order chi connectivity index (χ1) is 7.72. The maximum absolute atomic E-state index is 5.88. The van der Waals surface area contributed by atoms with E-state index in [1.54, 1.807) is 6.20 Å². The minimum atomic E-state index is 0.143. The van der Waals surface area contributed by atoms with Crippen molar-refractivity contribution in [1.82, 2.24) is 15.1 Å². The summed E-state index contributed by atoms with van der Waals surface area (Å²) in [6.45, 7) is 0. The summed E-state index contributed by atoms with van der Waals surface area (Å²) in [6, 6.07) is 10.0. The number of hydrogen-bond acceptors (Lipinski definition) is 2. The van der Waals surface area contributed by atoms with Crippen LogP contribution in [0.2, 0.25) is 5.02 Å². The van der Waals surface area contributed by atoms with Gasteiger partial charge in [0.15, 0.2) is 0 Å². The van der Waals surface area contributed by atoms with Crippen LogP contribution in [0.25, 0.3) is 0 Å². The van der Waals surface area contributed by atoms with Crippen molar-refractivity contribution in [2.24, 2.45) is 7.05 Å². The van der Waals surface area contributed by atoms with Crippen molar-refractivity contribution < 1.29 is 0 Å². The van der Waals surface area contributed by atoms with Gasteiger partial charge in [0.1, 0.15) is 0 Å². The Kier molecular flexibility index (Phi) is 3.27. The highest BCUT2D eigenvalue weighted by atomic mass is 35.5. The highest BCUT2D eigenvalue weighted by molar-refractivity contribution is 6.30. The van der Waals surface area contributed by atoms with Gasteiger partial charge in [-0.05, 0) is 30.8 Å². The Morgan fingerprint density at radius 2 is 1.94 bits per heavy atom. The van der Waals surface area contributed by atoms with E-state index >= 15 is 0 Å². The van der Waals surface area contributed by atoms with Gasteiger partial charge in [-0.25, -0.2) is 0 Å². The van der Waals surface area contributed by atoms with Crippen molar-refractivity contribution in [2.75, 3.05) is 7.05 Å². The average molecular weight is 236 g/mol. The van der Waals surface area contributed by atoms with Crippen molar-refractivity contribution in [3.05, 3.63) is 52.8 Å². The summed E-state index contributed by atoms with van der Waals surface area (Å²) in [5.74, 6) is 0. The van der Waals surface area contributed by atoms with Gasteiger partial charge in [-0.3, -0.25) is 4.68 Å². The predicted octanol–water partition coefficient (Wildman–Crippen LogP) is 2.38. The van der Waals surface area contributed by atoms with Gasteiger partial charge in [0, 0.05) is 18.3 Å². The van der Waals surface area contributed by atoms with Gasteiger partial charge < -0.3 is 5.32 Å². The molecule has 1 atom stereocenters. The molecular weight excluding hydrogens is 222 g/mol. The van der Waals surface area contributed by atoms with Crippen molar-refractivity contribution in [3.63, 3.8) is 0 Å². The van der Waals surface area contributed by atoms with Gasteiger partial charge in [-0.1, -0.05) is 23.7 Å². The van der Waals surface area contributed by atoms with Crippen LogP contribution in [0.5, 0.6) is 0 Å². The number of nitrogens with zero attached hydrogens (tertiary/aromatic N) is 2. The van der Waals surface area contributed by atoms with Gasteiger partial charge in [0.25, 0.3) is 0 Å². The number of halogens is 1. The first-order valence-corrected chi connectivity index (χ1v) is 5.51. The van der Waals surface area contributed by atoms with Gasteiger partial charge in [-0.15, -0.1) is 0 Å². The maximum Gasteiger partial charge on any atom is 0.0745 e. The van der Waals surface area contributed by atoms with Crippen molar-refractivity contribution in [1.29, 1.82) is 0 Å². The zero-order chi connectivity index (χ0) is 11.5. The molecule has 0 radical (unpaired) electrons. The molecule has 0 saturated carbocycles. The van der Waals surface area contributed by atoms with E-state index < -0.39 is 0 Å². The molecule has 1 unspecified atom stereocenters. The fraction of sp³-hybridized carbons (Fsp3) is 0.250. The summed E-state index contributed by atoms with van der Waals surface area (Å²) >= 11 is 5.88. The monoisotopic (exact) mass is 235 g/mol. The number of aryl methyl sites for hydroxylation is 1. The van der Waals surface area contributed by atoms with Crippen LogP contribution < -0.4 is 5.32 Å². The molecule has 1 heterocycles. The van der Waals surface area contributed by atoms with Crippen LogP contribution in [0, 0.1) is 0 Å². The summed E-state index contributed by atoms with van der Waals surface area (Å²) in [5, 5.41) is 8.21. The number of nitrogens with one attached hydrogen (secondary N) is 1. The Morgan fingerprint density at radius 3 is 2.44 bits per heavy atom. The van der Waals surface area contributed by atoms with Crippen LogP contribution in [-0.4, -0.2) is 16.8 Å². The molecule has 0 spiro atoms. The minimum absolute atomic E-state index is 0.143. The van der Waals surface area contributed by atoms with E-state index in [4.69, 9.17) is 11.6 Å². The van der Waals surface area contributed by atoms with Gasteiger partial charge in [0.2, 0.25) is 0 Å². The number of benzene rings is 1. The lowest BCUT2D eigenvalue weighted by Crippen LogP contribution is -2.20. The van der Waals surface area contributed by atoms with Crippen LogP contribution in [0.1, 0.15) is 17.3 Å². The van der Waals surface area contributed by atoms with E-state index in [0.29, 0.717) is 0 Å². The third-order valence-electron chi connectivity index (χ3n) is 2.65. The van der Waals surface area contributed by atoms with Crippen LogP contribution in [0.3, 0.4) is 0 Å². The lowest BCUT2D eigenvalue weighted by molar-refractivity contribution is 0.606. The molecule has 16 heavy (non-hydrogen) atoms. The van der Waals surface area contributed by atoms with Gasteiger partial charge in [-0.2, -0.15) is 5.10 Å². The van der Waals surface area contributed by atoms with Crippen LogP contribution in [0.4, 0.5) is 0 Å². The smallest absolute Gasteiger partial charge is 0.0745 e. The number of aromatic nitrogens is 2. The molecule has 0 aliphatic carbocycles. The van der Waals surface area contributed by atoms with E-state index in [1.165, 1.54) is 5.56 Å². The highest BCUT2D eigenvalue weighted by Gasteiger charge is 2.14. The zero-order valence-electron chi connectivity index (χ0n) is 9.31. The molecule has 0 aliphatic heterocycles. The first-order valence-electron chi connectivity index (χ1n) is 5.13. The summed E-state index contributed by atoms with van der Waals surface area (Å²) < 4.78 is 1.87. The maximum atomic E-state index is 5.88. The van der Waals surface area contributed by atoms with Crippen LogP contribution >= 0.6 is 11.6 Å². The Hall–Kier alpha value is -1.32. The van der Waals surface area contributed by atoms with E-state index in [0.717, 1.165) is 10.7 Å². The molecule has 3 nitrogen and oxygen atoms in total. The molecule has 1 N–H and O–H groups in total. The molecule has 4 heteroatoms. The summed E-state index contributed by atoms with van der Waals surface area (Å²) in [4.78, 5) is 0. The SMILES string of the molecule is CNC(c1ccc(Cl)cc1)c1ccnn1C. The second-order valence-electron chi connectivity index (χ2n) is 3.65. The van der Waals surface area contributed by atoms with E-state index in [2.05, 4.69) is 10.4 Å². The number of rotatable bonds is 3. The molecule has 1 aromatic heterocycles. The lowest BCUT2D eigenvalue weighted by atomic mass is 10.0. The fourth-order valence-electron chi connectivity index (χ4n) is 1.81. The van der Waals surface area contributed by atoms with Crippen molar-refractivity contribution in [3.8, 4) is 0 Å². The predicted molar refractivity (Wildman–Crippen MR) is 65.6 cm³/mol. The fourth-order valence-corrected chi connectivity index (χ4v) is 1.93. The molecule has 2 aromatic rings. The summed E-state index contributed by atoms with van der Waals surface area (Å²) in [5.41, 5.74) is 2.31. The minimum Gasteiger partial charge on any atom is -0.308 e.